The predicted octanol–water partition coefficient (Wildman–Crippen LogP) is 4.81. The smallest absolute Gasteiger partial charge is 0.410 e. The van der Waals surface area contributed by atoms with Crippen LogP contribution in [0.25, 0.3) is 0 Å². The van der Waals surface area contributed by atoms with Crippen LogP contribution in [-0.4, -0.2) is 72.9 Å². The maximum atomic E-state index is 14.1. The number of sulfonamides is 1. The van der Waals surface area contributed by atoms with Crippen LogP contribution in [-0.2, 0) is 26.2 Å². The highest BCUT2D eigenvalue weighted by Crippen LogP contribution is 2.42. The van der Waals surface area contributed by atoms with E-state index >= 15 is 0 Å². The highest BCUT2D eigenvalue weighted by Gasteiger charge is 2.57. The number of likely N-dealkylation sites (N-methyl/N-ethyl adjacent to an activating group) is 1. The van der Waals surface area contributed by atoms with Gasteiger partial charge < -0.3 is 15.4 Å². The van der Waals surface area contributed by atoms with Crippen LogP contribution < -0.4 is 5.73 Å². The zero-order valence-electron chi connectivity index (χ0n) is 25.1. The molecule has 10 heteroatoms. The minimum atomic E-state index is -4.13. The predicted molar refractivity (Wildman–Crippen MR) is 166 cm³/mol. The second-order valence-electron chi connectivity index (χ2n) is 10.8. The number of primary amides is 1. The number of hydrogen-bond acceptors (Lipinski definition) is 6. The van der Waals surface area contributed by atoms with Crippen molar-refractivity contribution in [3.05, 3.63) is 102 Å². The third-order valence-electron chi connectivity index (χ3n) is 8.51. The Hall–Kier alpha value is -3.73. The summed E-state index contributed by atoms with van der Waals surface area (Å²) in [7, 11) is -2.68. The zero-order valence-corrected chi connectivity index (χ0v) is 25.9. The number of likely N-dealkylation sites (tertiary alicyclic amines) is 1. The van der Waals surface area contributed by atoms with Gasteiger partial charge in [-0.25, -0.2) is 13.2 Å². The lowest BCUT2D eigenvalue weighted by Crippen LogP contribution is -2.72. The molecule has 9 nitrogen and oxygen atoms in total. The Balaban J connectivity index is 1.66. The van der Waals surface area contributed by atoms with Crippen LogP contribution in [0.1, 0.15) is 50.2 Å². The summed E-state index contributed by atoms with van der Waals surface area (Å²) in [5, 5.41) is 0. The van der Waals surface area contributed by atoms with E-state index in [9.17, 15) is 18.0 Å². The number of ether oxygens (including phenoxy) is 1. The van der Waals surface area contributed by atoms with Gasteiger partial charge in [0.2, 0.25) is 10.0 Å². The average Bonchev–Trinajstić information content (AvgIpc) is 3.04. The van der Waals surface area contributed by atoms with Crippen LogP contribution in [0.5, 0.6) is 0 Å². The minimum Gasteiger partial charge on any atom is -0.445 e. The van der Waals surface area contributed by atoms with Gasteiger partial charge >= 0.3 is 6.09 Å². The van der Waals surface area contributed by atoms with Crippen LogP contribution in [0.3, 0.4) is 0 Å². The topological polar surface area (TPSA) is 113 Å². The molecule has 1 aliphatic rings. The summed E-state index contributed by atoms with van der Waals surface area (Å²) in [6, 6.07) is 26.9. The normalized spacial score (nSPS) is 16.7. The lowest BCUT2D eigenvalue weighted by molar-refractivity contribution is -0.144. The van der Waals surface area contributed by atoms with Crippen molar-refractivity contribution in [2.75, 3.05) is 26.7 Å². The molecule has 1 aliphatic heterocycles. The van der Waals surface area contributed by atoms with Gasteiger partial charge in [0.15, 0.2) is 5.66 Å². The minimum absolute atomic E-state index is 0.0826. The number of piperidine rings is 1. The lowest BCUT2D eigenvalue weighted by Gasteiger charge is -2.53. The third-order valence-corrected chi connectivity index (χ3v) is 10.4. The number of nitrogens with zero attached hydrogens (tertiary/aromatic N) is 3. The molecule has 1 fully saturated rings. The fourth-order valence-corrected chi connectivity index (χ4v) is 7.87. The van der Waals surface area contributed by atoms with Gasteiger partial charge in [0.05, 0.1) is 4.90 Å². The maximum absolute atomic E-state index is 14.1. The van der Waals surface area contributed by atoms with Crippen LogP contribution in [0.2, 0.25) is 0 Å². The van der Waals surface area contributed by atoms with E-state index < -0.39 is 33.6 Å². The molecule has 0 saturated carbocycles. The van der Waals surface area contributed by atoms with Crippen LogP contribution in [0.4, 0.5) is 4.79 Å². The van der Waals surface area contributed by atoms with Gasteiger partial charge in [-0.15, -0.1) is 0 Å². The van der Waals surface area contributed by atoms with E-state index in [2.05, 4.69) is 0 Å². The molecular formula is C33H42N4O5S. The molecule has 2 atom stereocenters. The Morgan fingerprint density at radius 2 is 1.47 bits per heavy atom. The van der Waals surface area contributed by atoms with Crippen molar-refractivity contribution in [3.8, 4) is 0 Å². The molecule has 3 aromatic carbocycles. The molecule has 0 aliphatic carbocycles. The van der Waals surface area contributed by atoms with Gasteiger partial charge in [-0.3, -0.25) is 9.69 Å². The average molecular weight is 607 g/mol. The van der Waals surface area contributed by atoms with E-state index in [1.807, 2.05) is 79.4 Å². The fourth-order valence-electron chi connectivity index (χ4n) is 6.35. The quantitative estimate of drug-likeness (QED) is 0.317. The second-order valence-corrected chi connectivity index (χ2v) is 12.8. The molecule has 0 bridgehead atoms. The SMILES string of the molecule is CCC(c1ccccc1)C(C(N)=O)(N1CCC(N(CC)C(=O)OCc2ccccc2)CC1)N(C)S(=O)(=O)c1ccccc1. The molecule has 0 spiro atoms. The molecule has 4 rings (SSSR count). The summed E-state index contributed by atoms with van der Waals surface area (Å²) in [6.45, 7) is 5.20. The van der Waals surface area contributed by atoms with E-state index in [-0.39, 0.29) is 17.5 Å². The van der Waals surface area contributed by atoms with E-state index in [4.69, 9.17) is 10.5 Å². The number of benzene rings is 3. The molecule has 2 amide bonds. The lowest BCUT2D eigenvalue weighted by atomic mass is 9.80. The van der Waals surface area contributed by atoms with E-state index in [0.717, 1.165) is 11.1 Å². The van der Waals surface area contributed by atoms with Crippen LogP contribution in [0.15, 0.2) is 95.9 Å². The van der Waals surface area contributed by atoms with Gasteiger partial charge in [0.1, 0.15) is 6.61 Å². The molecule has 3 aromatic rings. The highest BCUT2D eigenvalue weighted by molar-refractivity contribution is 7.89. The molecule has 0 aromatic heterocycles. The second kappa shape index (κ2) is 14.2. The van der Waals surface area contributed by atoms with Gasteiger partial charge in [-0.05, 0) is 49.4 Å². The van der Waals surface area contributed by atoms with Crippen LogP contribution in [0, 0.1) is 0 Å². The molecule has 1 heterocycles. The first kappa shape index (κ1) is 32.2. The number of carbonyl (C=O) groups is 2. The Bertz CT molecular complexity index is 1450. The van der Waals surface area contributed by atoms with Crippen molar-refractivity contribution in [1.82, 2.24) is 14.1 Å². The summed E-state index contributed by atoms with van der Waals surface area (Å²) < 4.78 is 35.0. The zero-order chi connectivity index (χ0) is 31.0. The Labute approximate surface area is 255 Å². The van der Waals surface area contributed by atoms with Crippen molar-refractivity contribution in [2.45, 2.75) is 62.2 Å². The van der Waals surface area contributed by atoms with Crippen molar-refractivity contribution < 1.29 is 22.7 Å². The highest BCUT2D eigenvalue weighted by atomic mass is 32.2. The number of amides is 2. The standard InChI is InChI=1S/C33H42N4O5S/c1-4-30(27-17-11-7-12-18-27)33(31(34)38,35(3)43(40,41)29-19-13-8-14-20-29)36-23-21-28(22-24-36)37(5-2)32(39)42-25-26-15-9-6-10-16-26/h6-20,28,30H,4-5,21-25H2,1-3H3,(H2,34,38). The summed E-state index contributed by atoms with van der Waals surface area (Å²) in [6.07, 6.45) is 1.11. The Morgan fingerprint density at radius 3 is 1.98 bits per heavy atom. The van der Waals surface area contributed by atoms with Crippen LogP contribution >= 0.6 is 0 Å². The third kappa shape index (κ3) is 6.61. The van der Waals surface area contributed by atoms with Crippen molar-refractivity contribution in [3.63, 3.8) is 0 Å². The first-order valence-corrected chi connectivity index (χ1v) is 16.2. The molecule has 2 N–H and O–H groups in total. The maximum Gasteiger partial charge on any atom is 0.410 e. The van der Waals surface area contributed by atoms with Gasteiger partial charge in [0.25, 0.3) is 5.91 Å². The monoisotopic (exact) mass is 606 g/mol. The van der Waals surface area contributed by atoms with Gasteiger partial charge in [0, 0.05) is 38.6 Å². The summed E-state index contributed by atoms with van der Waals surface area (Å²) >= 11 is 0. The summed E-state index contributed by atoms with van der Waals surface area (Å²) in [5.74, 6) is -1.29. The molecule has 230 valence electrons. The molecule has 1 saturated heterocycles. The Morgan fingerprint density at radius 1 is 0.930 bits per heavy atom. The first-order chi connectivity index (χ1) is 20.7. The van der Waals surface area contributed by atoms with Crippen molar-refractivity contribution in [2.24, 2.45) is 5.73 Å². The summed E-state index contributed by atoms with van der Waals surface area (Å²) in [5.41, 5.74) is 6.32. The number of carbonyl (C=O) groups excluding carboxylic acids is 2. The molecule has 2 unspecified atom stereocenters. The first-order valence-electron chi connectivity index (χ1n) is 14.8. The van der Waals surface area contributed by atoms with E-state index in [1.54, 1.807) is 23.1 Å². The van der Waals surface area contributed by atoms with E-state index in [0.29, 0.717) is 38.9 Å². The van der Waals surface area contributed by atoms with E-state index in [1.165, 1.54) is 23.5 Å². The Kier molecular flexibility index (Phi) is 10.6. The summed E-state index contributed by atoms with van der Waals surface area (Å²) in [4.78, 5) is 30.6. The molecule has 43 heavy (non-hydrogen) atoms. The van der Waals surface area contributed by atoms with Crippen molar-refractivity contribution >= 4 is 22.0 Å². The van der Waals surface area contributed by atoms with Crippen molar-refractivity contribution in [1.29, 1.82) is 0 Å². The number of rotatable bonds is 12. The molecular weight excluding hydrogens is 564 g/mol. The number of hydrogen-bond donors (Lipinski definition) is 1. The molecule has 0 radical (unpaired) electrons. The van der Waals surface area contributed by atoms with Gasteiger partial charge in [-0.2, -0.15) is 4.31 Å². The van der Waals surface area contributed by atoms with Gasteiger partial charge in [-0.1, -0.05) is 85.8 Å². The largest absolute Gasteiger partial charge is 0.445 e. The fraction of sp³-hybridized carbons (Fsp3) is 0.394. The number of nitrogens with two attached hydrogens (primary N) is 1.